The molecule has 0 bridgehead atoms. The van der Waals surface area contributed by atoms with Crippen LogP contribution in [0.1, 0.15) is 25.3 Å². The van der Waals surface area contributed by atoms with Crippen molar-refractivity contribution in [1.29, 1.82) is 0 Å². The van der Waals surface area contributed by atoms with Crippen molar-refractivity contribution < 1.29 is 8.42 Å². The van der Waals surface area contributed by atoms with Crippen molar-refractivity contribution in [3.63, 3.8) is 0 Å². The molecule has 2 heterocycles. The minimum Gasteiger partial charge on any atom is -0.299 e. The molecule has 4 nitrogen and oxygen atoms in total. The molecule has 2 rings (SSSR count). The lowest BCUT2D eigenvalue weighted by Crippen LogP contribution is -2.40. The van der Waals surface area contributed by atoms with Crippen molar-refractivity contribution in [2.75, 3.05) is 19.6 Å². The summed E-state index contributed by atoms with van der Waals surface area (Å²) in [6, 6.07) is 1.96. The van der Waals surface area contributed by atoms with Crippen molar-refractivity contribution in [3.8, 4) is 0 Å². The van der Waals surface area contributed by atoms with Gasteiger partial charge in [-0.2, -0.15) is 0 Å². The molecule has 1 aromatic rings. The van der Waals surface area contributed by atoms with Gasteiger partial charge in [0.1, 0.15) is 4.21 Å². The van der Waals surface area contributed by atoms with Gasteiger partial charge in [-0.05, 0) is 67.3 Å². The molecule has 19 heavy (non-hydrogen) atoms. The molecule has 0 amide bonds. The molecule has 1 fully saturated rings. The third-order valence-electron chi connectivity index (χ3n) is 3.43. The van der Waals surface area contributed by atoms with E-state index in [0.29, 0.717) is 10.8 Å². The summed E-state index contributed by atoms with van der Waals surface area (Å²) in [5.41, 5.74) is 0.956. The highest BCUT2D eigenvalue weighted by molar-refractivity contribution is 9.11. The van der Waals surface area contributed by atoms with Gasteiger partial charge in [0.2, 0.25) is 10.0 Å². The van der Waals surface area contributed by atoms with Gasteiger partial charge in [-0.1, -0.05) is 0 Å². The van der Waals surface area contributed by atoms with Crippen LogP contribution in [0.15, 0.2) is 14.1 Å². The van der Waals surface area contributed by atoms with Crippen molar-refractivity contribution in [2.24, 2.45) is 0 Å². The second-order valence-electron chi connectivity index (χ2n) is 4.97. The number of thiophene rings is 1. The first-order chi connectivity index (χ1) is 8.90. The molecule has 0 radical (unpaired) electrons. The summed E-state index contributed by atoms with van der Waals surface area (Å²) in [4.78, 5) is 2.33. The first-order valence-electron chi connectivity index (χ1n) is 6.40. The molecule has 0 spiro atoms. The second kappa shape index (κ2) is 6.22. The summed E-state index contributed by atoms with van der Waals surface area (Å²) in [5, 5.41) is 0. The van der Waals surface area contributed by atoms with E-state index in [-0.39, 0.29) is 6.04 Å². The van der Waals surface area contributed by atoms with Crippen LogP contribution in [-0.4, -0.2) is 39.0 Å². The topological polar surface area (TPSA) is 49.4 Å². The molecule has 108 valence electrons. The average Bonchev–Trinajstić information content (AvgIpc) is 2.98. The third kappa shape index (κ3) is 3.78. The van der Waals surface area contributed by atoms with Crippen molar-refractivity contribution in [3.05, 3.63) is 15.4 Å². The number of nitrogens with one attached hydrogen (secondary N) is 1. The lowest BCUT2D eigenvalue weighted by Gasteiger charge is -2.23. The van der Waals surface area contributed by atoms with Gasteiger partial charge in [-0.15, -0.1) is 11.3 Å². The van der Waals surface area contributed by atoms with Gasteiger partial charge >= 0.3 is 0 Å². The SMILES string of the molecule is Cc1cc(S(=O)(=O)NCC(C)N2CCCC2)sc1Br. The van der Waals surface area contributed by atoms with Gasteiger partial charge in [-0.25, -0.2) is 13.1 Å². The zero-order valence-electron chi connectivity index (χ0n) is 11.1. The maximum Gasteiger partial charge on any atom is 0.250 e. The molecule has 7 heteroatoms. The smallest absolute Gasteiger partial charge is 0.250 e. The molecule has 1 N–H and O–H groups in total. The van der Waals surface area contributed by atoms with E-state index in [1.807, 2.05) is 6.92 Å². The number of aryl methyl sites for hydroxylation is 1. The Bertz CT molecular complexity index is 516. The first kappa shape index (κ1) is 15.4. The van der Waals surface area contributed by atoms with Crippen LogP contribution in [0.4, 0.5) is 0 Å². The standard InChI is InChI=1S/C12H19BrN2O2S2/c1-9-7-11(18-12(9)13)19(16,17)14-8-10(2)15-5-3-4-6-15/h7,10,14H,3-6,8H2,1-2H3. The number of halogens is 1. The van der Waals surface area contributed by atoms with Crippen LogP contribution < -0.4 is 4.72 Å². The Hall–Kier alpha value is 0.0500. The predicted molar refractivity (Wildman–Crippen MR) is 82.2 cm³/mol. The Morgan fingerprint density at radius 1 is 1.47 bits per heavy atom. The number of sulfonamides is 1. The fourth-order valence-electron chi connectivity index (χ4n) is 2.18. The van der Waals surface area contributed by atoms with E-state index in [1.54, 1.807) is 6.07 Å². The molecule has 1 aliphatic rings. The van der Waals surface area contributed by atoms with Crippen LogP contribution in [0.5, 0.6) is 0 Å². The third-order valence-corrected chi connectivity index (χ3v) is 7.47. The van der Waals surface area contributed by atoms with E-state index >= 15 is 0 Å². The highest BCUT2D eigenvalue weighted by Crippen LogP contribution is 2.30. The van der Waals surface area contributed by atoms with Gasteiger partial charge in [0.05, 0.1) is 3.79 Å². The highest BCUT2D eigenvalue weighted by Gasteiger charge is 2.22. The molecule has 1 atom stereocenters. The van der Waals surface area contributed by atoms with Crippen LogP contribution in [0.2, 0.25) is 0 Å². The predicted octanol–water partition coefficient (Wildman–Crippen LogP) is 2.58. The van der Waals surface area contributed by atoms with E-state index in [4.69, 9.17) is 0 Å². The zero-order chi connectivity index (χ0) is 14.0. The van der Waals surface area contributed by atoms with E-state index in [2.05, 4.69) is 32.5 Å². The van der Waals surface area contributed by atoms with Gasteiger partial charge in [0.15, 0.2) is 0 Å². The number of likely N-dealkylation sites (tertiary alicyclic amines) is 1. The lowest BCUT2D eigenvalue weighted by molar-refractivity contribution is 0.260. The Labute approximate surface area is 127 Å². The monoisotopic (exact) mass is 366 g/mol. The van der Waals surface area contributed by atoms with Gasteiger partial charge in [-0.3, -0.25) is 4.90 Å². The number of rotatable bonds is 5. The minimum absolute atomic E-state index is 0.252. The summed E-state index contributed by atoms with van der Waals surface area (Å²) in [7, 11) is -3.37. The van der Waals surface area contributed by atoms with Gasteiger partial charge in [0.25, 0.3) is 0 Å². The molecule has 1 aromatic heterocycles. The molecule has 1 unspecified atom stereocenters. The van der Waals surface area contributed by atoms with Crippen LogP contribution in [-0.2, 0) is 10.0 Å². The fraction of sp³-hybridized carbons (Fsp3) is 0.667. The molecule has 0 aromatic carbocycles. The van der Waals surface area contributed by atoms with E-state index in [9.17, 15) is 8.42 Å². The van der Waals surface area contributed by atoms with Crippen LogP contribution in [0.3, 0.4) is 0 Å². The minimum atomic E-state index is -3.37. The lowest BCUT2D eigenvalue weighted by atomic mass is 10.3. The van der Waals surface area contributed by atoms with E-state index in [0.717, 1.165) is 22.4 Å². The molecular weight excluding hydrogens is 348 g/mol. The van der Waals surface area contributed by atoms with Crippen LogP contribution >= 0.6 is 27.3 Å². The Morgan fingerprint density at radius 2 is 2.11 bits per heavy atom. The van der Waals surface area contributed by atoms with Gasteiger partial charge < -0.3 is 0 Å². The van der Waals surface area contributed by atoms with Gasteiger partial charge in [0, 0.05) is 12.6 Å². The summed E-state index contributed by atoms with van der Waals surface area (Å²) in [5.74, 6) is 0. The number of hydrogen-bond acceptors (Lipinski definition) is 4. The quantitative estimate of drug-likeness (QED) is 0.870. The van der Waals surface area contributed by atoms with Crippen molar-refractivity contribution >= 4 is 37.3 Å². The van der Waals surface area contributed by atoms with E-state index < -0.39 is 10.0 Å². The Morgan fingerprint density at radius 3 is 2.63 bits per heavy atom. The summed E-state index contributed by atoms with van der Waals surface area (Å²) in [6.07, 6.45) is 2.43. The Balaban J connectivity index is 1.97. The number of nitrogens with zero attached hydrogens (tertiary/aromatic N) is 1. The average molecular weight is 367 g/mol. The molecular formula is C12H19BrN2O2S2. The molecule has 1 aliphatic heterocycles. The normalized spacial score (nSPS) is 18.9. The van der Waals surface area contributed by atoms with Crippen molar-refractivity contribution in [2.45, 2.75) is 36.9 Å². The molecule has 1 saturated heterocycles. The molecule has 0 aliphatic carbocycles. The van der Waals surface area contributed by atoms with Crippen molar-refractivity contribution in [1.82, 2.24) is 9.62 Å². The summed E-state index contributed by atoms with van der Waals surface area (Å²) < 4.78 is 28.3. The summed E-state index contributed by atoms with van der Waals surface area (Å²) in [6.45, 7) is 6.59. The van der Waals surface area contributed by atoms with Crippen LogP contribution in [0.25, 0.3) is 0 Å². The second-order valence-corrected chi connectivity index (χ2v) is 9.33. The number of hydrogen-bond donors (Lipinski definition) is 1. The highest BCUT2D eigenvalue weighted by atomic mass is 79.9. The Kier molecular flexibility index (Phi) is 5.05. The zero-order valence-corrected chi connectivity index (χ0v) is 14.4. The maximum atomic E-state index is 12.2. The summed E-state index contributed by atoms with van der Waals surface area (Å²) >= 11 is 4.62. The molecule has 0 saturated carbocycles. The largest absolute Gasteiger partial charge is 0.299 e. The van der Waals surface area contributed by atoms with Crippen LogP contribution in [0, 0.1) is 6.92 Å². The fourth-order valence-corrected chi connectivity index (χ4v) is 5.57. The maximum absolute atomic E-state index is 12.2. The first-order valence-corrected chi connectivity index (χ1v) is 9.49. The van der Waals surface area contributed by atoms with E-state index in [1.165, 1.54) is 24.2 Å².